The molecule has 0 saturated heterocycles. The van der Waals surface area contributed by atoms with Gasteiger partial charge >= 0.3 is 0 Å². The molecule has 0 aliphatic heterocycles. The average molecular weight is 371 g/mol. The van der Waals surface area contributed by atoms with Crippen molar-refractivity contribution in [2.75, 3.05) is 11.9 Å². The van der Waals surface area contributed by atoms with Crippen LogP contribution in [-0.2, 0) is 4.79 Å². The second-order valence-corrected chi connectivity index (χ2v) is 6.87. The molecule has 0 spiro atoms. The number of hydrogen-bond donors (Lipinski definition) is 2. The number of carbonyl (C=O) groups is 1. The smallest absolute Gasteiger partial charge is 0.226 e. The van der Waals surface area contributed by atoms with Crippen LogP contribution in [-0.4, -0.2) is 17.6 Å². The van der Waals surface area contributed by atoms with Gasteiger partial charge in [-0.25, -0.2) is 0 Å². The first kappa shape index (κ1) is 19.9. The summed E-state index contributed by atoms with van der Waals surface area (Å²) in [6.45, 7) is 6.79. The van der Waals surface area contributed by atoms with Crippen LogP contribution in [0.1, 0.15) is 43.7 Å². The van der Waals surface area contributed by atoms with Crippen molar-refractivity contribution in [2.45, 2.75) is 39.5 Å². The van der Waals surface area contributed by atoms with Gasteiger partial charge in [0.25, 0.3) is 0 Å². The zero-order chi connectivity index (χ0) is 18.9. The minimum atomic E-state index is -0.112. The summed E-state index contributed by atoms with van der Waals surface area (Å²) >= 11 is 5.30. The highest BCUT2D eigenvalue weighted by molar-refractivity contribution is 7.80. The summed E-state index contributed by atoms with van der Waals surface area (Å²) in [6, 6.07) is 15.7. The number of nitrogens with one attached hydrogen (secondary N) is 2. The number of ether oxygens (including phenoxy) is 1. The highest BCUT2D eigenvalue weighted by atomic mass is 32.1. The number of benzene rings is 2. The molecule has 0 fully saturated rings. The van der Waals surface area contributed by atoms with Crippen LogP contribution < -0.4 is 15.4 Å². The standard InChI is InChI=1S/C21H26N2O2S/c1-15(2)18-12-7-9-16(3)20(18)23-21(26)22-19(24)13-8-14-25-17-10-5-4-6-11-17/h4-7,9-12,15H,8,13-14H2,1-3H3,(H2,22,23,24,26). The lowest BCUT2D eigenvalue weighted by Gasteiger charge is -2.18. The van der Waals surface area contributed by atoms with E-state index >= 15 is 0 Å². The molecular formula is C21H26N2O2S. The van der Waals surface area contributed by atoms with Crippen LogP contribution in [0.15, 0.2) is 48.5 Å². The Morgan fingerprint density at radius 1 is 1.12 bits per heavy atom. The molecule has 26 heavy (non-hydrogen) atoms. The molecule has 0 heterocycles. The number of amides is 1. The zero-order valence-corrected chi connectivity index (χ0v) is 16.4. The minimum Gasteiger partial charge on any atom is -0.494 e. The molecular weight excluding hydrogens is 344 g/mol. The van der Waals surface area contributed by atoms with E-state index in [-0.39, 0.29) is 5.91 Å². The van der Waals surface area contributed by atoms with Crippen molar-refractivity contribution in [3.05, 3.63) is 59.7 Å². The number of para-hydroxylation sites is 2. The first-order chi connectivity index (χ1) is 12.5. The molecule has 5 heteroatoms. The Morgan fingerprint density at radius 3 is 2.54 bits per heavy atom. The molecule has 0 atom stereocenters. The van der Waals surface area contributed by atoms with E-state index in [9.17, 15) is 4.79 Å². The van der Waals surface area contributed by atoms with Gasteiger partial charge in [0.2, 0.25) is 5.91 Å². The fraction of sp³-hybridized carbons (Fsp3) is 0.333. The summed E-state index contributed by atoms with van der Waals surface area (Å²) in [5.74, 6) is 1.07. The molecule has 1 amide bonds. The average Bonchev–Trinajstić information content (AvgIpc) is 2.61. The van der Waals surface area contributed by atoms with E-state index in [1.807, 2.05) is 49.4 Å². The number of thiocarbonyl (C=S) groups is 1. The summed E-state index contributed by atoms with van der Waals surface area (Å²) in [7, 11) is 0. The zero-order valence-electron chi connectivity index (χ0n) is 15.5. The van der Waals surface area contributed by atoms with E-state index in [0.717, 1.165) is 17.0 Å². The summed E-state index contributed by atoms with van der Waals surface area (Å²) in [6.07, 6.45) is 0.990. The molecule has 2 aromatic carbocycles. The maximum atomic E-state index is 12.1. The van der Waals surface area contributed by atoms with Gasteiger partial charge in [-0.15, -0.1) is 0 Å². The van der Waals surface area contributed by atoms with Crippen LogP contribution in [0.5, 0.6) is 5.75 Å². The van der Waals surface area contributed by atoms with E-state index in [1.54, 1.807) is 0 Å². The molecule has 0 radical (unpaired) electrons. The van der Waals surface area contributed by atoms with Gasteiger partial charge in [-0.2, -0.15) is 0 Å². The maximum absolute atomic E-state index is 12.1. The van der Waals surface area contributed by atoms with E-state index < -0.39 is 0 Å². The summed E-state index contributed by atoms with van der Waals surface area (Å²) in [4.78, 5) is 12.1. The third kappa shape index (κ3) is 6.15. The van der Waals surface area contributed by atoms with E-state index in [2.05, 4.69) is 30.5 Å². The summed E-state index contributed by atoms with van der Waals surface area (Å²) in [5.41, 5.74) is 3.25. The van der Waals surface area contributed by atoms with E-state index in [1.165, 1.54) is 5.56 Å². The van der Waals surface area contributed by atoms with Crippen LogP contribution in [0.3, 0.4) is 0 Å². The van der Waals surface area contributed by atoms with Crippen molar-refractivity contribution < 1.29 is 9.53 Å². The Kier molecular flexibility index (Phi) is 7.60. The molecule has 2 N–H and O–H groups in total. The van der Waals surface area contributed by atoms with Crippen molar-refractivity contribution >= 4 is 28.9 Å². The van der Waals surface area contributed by atoms with Crippen LogP contribution in [0, 0.1) is 6.92 Å². The monoisotopic (exact) mass is 370 g/mol. The van der Waals surface area contributed by atoms with Crippen LogP contribution in [0.4, 0.5) is 5.69 Å². The second kappa shape index (κ2) is 9.92. The largest absolute Gasteiger partial charge is 0.494 e. The molecule has 2 aromatic rings. The number of rotatable bonds is 7. The molecule has 0 aliphatic carbocycles. The Bertz CT molecular complexity index is 745. The fourth-order valence-electron chi connectivity index (χ4n) is 2.62. The van der Waals surface area contributed by atoms with Crippen molar-refractivity contribution in [3.8, 4) is 5.75 Å². The van der Waals surface area contributed by atoms with Crippen LogP contribution in [0.2, 0.25) is 0 Å². The van der Waals surface area contributed by atoms with Gasteiger partial charge in [0.05, 0.1) is 6.61 Å². The lowest BCUT2D eigenvalue weighted by atomic mass is 9.98. The fourth-order valence-corrected chi connectivity index (χ4v) is 2.83. The molecule has 0 bridgehead atoms. The van der Waals surface area contributed by atoms with Gasteiger partial charge < -0.3 is 15.4 Å². The lowest BCUT2D eigenvalue weighted by Crippen LogP contribution is -2.34. The molecule has 0 saturated carbocycles. The molecule has 2 rings (SSSR count). The van der Waals surface area contributed by atoms with Crippen molar-refractivity contribution in [3.63, 3.8) is 0 Å². The third-order valence-electron chi connectivity index (χ3n) is 3.98. The Labute approximate surface area is 161 Å². The maximum Gasteiger partial charge on any atom is 0.226 e. The van der Waals surface area contributed by atoms with Crippen LogP contribution in [0.25, 0.3) is 0 Å². The number of aryl methyl sites for hydroxylation is 1. The minimum absolute atomic E-state index is 0.112. The van der Waals surface area contributed by atoms with Gasteiger partial charge in [0.1, 0.15) is 5.75 Å². The first-order valence-corrected chi connectivity index (χ1v) is 9.26. The number of anilines is 1. The predicted molar refractivity (Wildman–Crippen MR) is 111 cm³/mol. The Balaban J connectivity index is 1.78. The first-order valence-electron chi connectivity index (χ1n) is 8.85. The van der Waals surface area contributed by atoms with E-state index in [4.69, 9.17) is 17.0 Å². The summed E-state index contributed by atoms with van der Waals surface area (Å²) < 4.78 is 5.59. The van der Waals surface area contributed by atoms with Gasteiger partial charge in [0, 0.05) is 12.1 Å². The van der Waals surface area contributed by atoms with Crippen molar-refractivity contribution in [1.82, 2.24) is 5.32 Å². The highest BCUT2D eigenvalue weighted by Crippen LogP contribution is 2.27. The van der Waals surface area contributed by atoms with Gasteiger partial charge in [-0.05, 0) is 54.7 Å². The van der Waals surface area contributed by atoms with Crippen LogP contribution >= 0.6 is 12.2 Å². The molecule has 0 aliphatic rings. The molecule has 4 nitrogen and oxygen atoms in total. The van der Waals surface area contributed by atoms with Gasteiger partial charge in [-0.3, -0.25) is 4.79 Å². The van der Waals surface area contributed by atoms with Crippen molar-refractivity contribution in [2.24, 2.45) is 0 Å². The SMILES string of the molecule is Cc1cccc(C(C)C)c1NC(=S)NC(=O)CCCOc1ccccc1. The van der Waals surface area contributed by atoms with Gasteiger partial charge in [0.15, 0.2) is 5.11 Å². The second-order valence-electron chi connectivity index (χ2n) is 6.46. The highest BCUT2D eigenvalue weighted by Gasteiger charge is 2.11. The topological polar surface area (TPSA) is 50.4 Å². The summed E-state index contributed by atoms with van der Waals surface area (Å²) in [5, 5.41) is 6.25. The number of hydrogen-bond acceptors (Lipinski definition) is 3. The molecule has 0 aromatic heterocycles. The quantitative estimate of drug-likeness (QED) is 0.543. The molecule has 0 unspecified atom stereocenters. The molecule has 138 valence electrons. The lowest BCUT2D eigenvalue weighted by molar-refractivity contribution is -0.119. The van der Waals surface area contributed by atoms with Crippen molar-refractivity contribution in [1.29, 1.82) is 0 Å². The third-order valence-corrected chi connectivity index (χ3v) is 4.18. The predicted octanol–water partition coefficient (Wildman–Crippen LogP) is 4.79. The Hall–Kier alpha value is -2.40. The van der Waals surface area contributed by atoms with Gasteiger partial charge in [-0.1, -0.05) is 50.2 Å². The Morgan fingerprint density at radius 2 is 1.85 bits per heavy atom. The number of carbonyl (C=O) groups excluding carboxylic acids is 1. The van der Waals surface area contributed by atoms with E-state index in [0.29, 0.717) is 30.5 Å². The normalized spacial score (nSPS) is 10.5.